The average Bonchev–Trinajstić information content (AvgIpc) is 2.48. The number of nitrogens with one attached hydrogen (secondary N) is 1. The van der Waals surface area contributed by atoms with Gasteiger partial charge in [-0.3, -0.25) is 4.98 Å². The van der Waals surface area contributed by atoms with E-state index < -0.39 is 11.7 Å². The third-order valence-electron chi connectivity index (χ3n) is 3.41. The number of rotatable bonds is 5. The quantitative estimate of drug-likeness (QED) is 0.901. The van der Waals surface area contributed by atoms with Gasteiger partial charge < -0.3 is 5.32 Å². The van der Waals surface area contributed by atoms with Gasteiger partial charge in [-0.25, -0.2) is 0 Å². The average molecular weight is 294 g/mol. The summed E-state index contributed by atoms with van der Waals surface area (Å²) < 4.78 is 39.2. The van der Waals surface area contributed by atoms with Crippen LogP contribution in [0.5, 0.6) is 0 Å². The zero-order chi connectivity index (χ0) is 15.3. The van der Waals surface area contributed by atoms with E-state index in [2.05, 4.69) is 10.3 Å². The molecule has 0 amide bonds. The van der Waals surface area contributed by atoms with E-state index in [-0.39, 0.29) is 11.6 Å². The first-order valence-electron chi connectivity index (χ1n) is 6.75. The van der Waals surface area contributed by atoms with Gasteiger partial charge in [0.1, 0.15) is 0 Å². The Bertz CT molecular complexity index is 567. The van der Waals surface area contributed by atoms with Crippen LogP contribution in [0.25, 0.3) is 0 Å². The minimum Gasteiger partial charge on any atom is -0.313 e. The summed E-state index contributed by atoms with van der Waals surface area (Å²) in [6.45, 7) is 0. The number of alkyl halides is 3. The van der Waals surface area contributed by atoms with Crippen molar-refractivity contribution in [1.29, 1.82) is 0 Å². The van der Waals surface area contributed by atoms with Crippen molar-refractivity contribution in [3.05, 3.63) is 65.5 Å². The molecule has 0 radical (unpaired) electrons. The second-order valence-electron chi connectivity index (χ2n) is 4.79. The van der Waals surface area contributed by atoms with Crippen molar-refractivity contribution in [3.8, 4) is 0 Å². The van der Waals surface area contributed by atoms with Crippen molar-refractivity contribution in [2.75, 3.05) is 7.05 Å². The SMILES string of the molecule is CNC(CCc1ccccn1)c1ccccc1C(F)(F)F. The summed E-state index contributed by atoms with van der Waals surface area (Å²) in [7, 11) is 1.68. The molecule has 1 unspecified atom stereocenters. The van der Waals surface area contributed by atoms with E-state index in [9.17, 15) is 13.2 Å². The van der Waals surface area contributed by atoms with Gasteiger partial charge in [0.05, 0.1) is 5.56 Å². The number of pyridine rings is 1. The molecule has 1 heterocycles. The molecule has 0 spiro atoms. The smallest absolute Gasteiger partial charge is 0.313 e. The van der Waals surface area contributed by atoms with Gasteiger partial charge in [0, 0.05) is 17.9 Å². The molecule has 2 nitrogen and oxygen atoms in total. The van der Waals surface area contributed by atoms with Crippen LogP contribution in [-0.2, 0) is 12.6 Å². The Morgan fingerprint density at radius 1 is 1.10 bits per heavy atom. The van der Waals surface area contributed by atoms with E-state index in [1.54, 1.807) is 19.3 Å². The minimum absolute atomic E-state index is 0.281. The van der Waals surface area contributed by atoms with Crippen molar-refractivity contribution >= 4 is 0 Å². The van der Waals surface area contributed by atoms with E-state index in [1.165, 1.54) is 12.1 Å². The Labute approximate surface area is 122 Å². The van der Waals surface area contributed by atoms with Crippen LogP contribution in [0.2, 0.25) is 0 Å². The molecule has 2 rings (SSSR count). The highest BCUT2D eigenvalue weighted by molar-refractivity contribution is 5.32. The van der Waals surface area contributed by atoms with Gasteiger partial charge in [-0.05, 0) is 43.7 Å². The van der Waals surface area contributed by atoms with Crippen LogP contribution in [0, 0.1) is 0 Å². The molecule has 112 valence electrons. The van der Waals surface area contributed by atoms with E-state index in [0.717, 1.165) is 11.8 Å². The number of aryl methyl sites for hydroxylation is 1. The molecule has 0 aliphatic rings. The molecule has 0 saturated carbocycles. The molecule has 0 saturated heterocycles. The first kappa shape index (κ1) is 15.5. The van der Waals surface area contributed by atoms with Crippen LogP contribution in [0.4, 0.5) is 13.2 Å². The number of halogens is 3. The molecular formula is C16H17F3N2. The third-order valence-corrected chi connectivity index (χ3v) is 3.41. The second kappa shape index (κ2) is 6.72. The predicted molar refractivity (Wildman–Crippen MR) is 75.8 cm³/mol. The summed E-state index contributed by atoms with van der Waals surface area (Å²) >= 11 is 0. The molecule has 0 aliphatic heterocycles. The molecule has 0 bridgehead atoms. The molecule has 1 aromatic carbocycles. The Kier molecular flexibility index (Phi) is 4.96. The van der Waals surface area contributed by atoms with Crippen LogP contribution in [0.15, 0.2) is 48.7 Å². The lowest BCUT2D eigenvalue weighted by Gasteiger charge is -2.21. The van der Waals surface area contributed by atoms with Crippen molar-refractivity contribution in [2.45, 2.75) is 25.1 Å². The van der Waals surface area contributed by atoms with Crippen LogP contribution in [-0.4, -0.2) is 12.0 Å². The summed E-state index contributed by atoms with van der Waals surface area (Å²) in [6, 6.07) is 10.9. The highest BCUT2D eigenvalue weighted by atomic mass is 19.4. The third kappa shape index (κ3) is 4.04. The fourth-order valence-corrected chi connectivity index (χ4v) is 2.35. The maximum Gasteiger partial charge on any atom is 0.416 e. The van der Waals surface area contributed by atoms with Crippen LogP contribution in [0.1, 0.15) is 29.3 Å². The first-order valence-corrected chi connectivity index (χ1v) is 6.75. The summed E-state index contributed by atoms with van der Waals surface area (Å²) in [4.78, 5) is 4.20. The molecular weight excluding hydrogens is 277 g/mol. The Morgan fingerprint density at radius 3 is 2.43 bits per heavy atom. The molecule has 2 aromatic rings. The summed E-state index contributed by atoms with van der Waals surface area (Å²) in [5.74, 6) is 0. The van der Waals surface area contributed by atoms with Gasteiger partial charge in [0.15, 0.2) is 0 Å². The number of hydrogen-bond acceptors (Lipinski definition) is 2. The number of aromatic nitrogens is 1. The standard InChI is InChI=1S/C16H17F3N2/c1-20-15(10-9-12-6-4-5-11-21-12)13-7-2-3-8-14(13)16(17,18)19/h2-8,11,15,20H,9-10H2,1H3. The second-order valence-corrected chi connectivity index (χ2v) is 4.79. The highest BCUT2D eigenvalue weighted by Crippen LogP contribution is 2.35. The number of benzene rings is 1. The van der Waals surface area contributed by atoms with Gasteiger partial charge in [-0.15, -0.1) is 0 Å². The molecule has 1 aromatic heterocycles. The zero-order valence-electron chi connectivity index (χ0n) is 11.7. The first-order chi connectivity index (χ1) is 10.0. The normalized spacial score (nSPS) is 13.1. The van der Waals surface area contributed by atoms with Crippen molar-refractivity contribution in [1.82, 2.24) is 10.3 Å². The largest absolute Gasteiger partial charge is 0.416 e. The van der Waals surface area contributed by atoms with Crippen molar-refractivity contribution < 1.29 is 13.2 Å². The van der Waals surface area contributed by atoms with Gasteiger partial charge >= 0.3 is 6.18 Å². The van der Waals surface area contributed by atoms with Crippen LogP contribution < -0.4 is 5.32 Å². The summed E-state index contributed by atoms with van der Waals surface area (Å²) in [5, 5.41) is 2.97. The van der Waals surface area contributed by atoms with Gasteiger partial charge in [0.2, 0.25) is 0 Å². The van der Waals surface area contributed by atoms with Crippen LogP contribution in [0.3, 0.4) is 0 Å². The van der Waals surface area contributed by atoms with E-state index in [4.69, 9.17) is 0 Å². The zero-order valence-corrected chi connectivity index (χ0v) is 11.7. The van der Waals surface area contributed by atoms with E-state index in [0.29, 0.717) is 12.8 Å². The maximum absolute atomic E-state index is 13.1. The Hall–Kier alpha value is -1.88. The lowest BCUT2D eigenvalue weighted by Crippen LogP contribution is -2.21. The molecule has 0 fully saturated rings. The lowest BCUT2D eigenvalue weighted by molar-refractivity contribution is -0.138. The molecule has 1 N–H and O–H groups in total. The van der Waals surface area contributed by atoms with Gasteiger partial charge in [-0.2, -0.15) is 13.2 Å². The molecule has 0 aliphatic carbocycles. The maximum atomic E-state index is 13.1. The van der Waals surface area contributed by atoms with E-state index >= 15 is 0 Å². The number of hydrogen-bond donors (Lipinski definition) is 1. The predicted octanol–water partition coefficient (Wildman–Crippen LogP) is 3.99. The van der Waals surface area contributed by atoms with Gasteiger partial charge in [0.25, 0.3) is 0 Å². The van der Waals surface area contributed by atoms with Crippen molar-refractivity contribution in [2.24, 2.45) is 0 Å². The highest BCUT2D eigenvalue weighted by Gasteiger charge is 2.34. The lowest BCUT2D eigenvalue weighted by atomic mass is 9.96. The van der Waals surface area contributed by atoms with Gasteiger partial charge in [-0.1, -0.05) is 24.3 Å². The summed E-state index contributed by atoms with van der Waals surface area (Å²) in [6.07, 6.45) is -1.47. The number of nitrogens with zero attached hydrogens (tertiary/aromatic N) is 1. The molecule has 21 heavy (non-hydrogen) atoms. The Balaban J connectivity index is 2.18. The van der Waals surface area contributed by atoms with Crippen LogP contribution >= 0.6 is 0 Å². The fraction of sp³-hybridized carbons (Fsp3) is 0.312. The summed E-state index contributed by atoms with van der Waals surface area (Å²) in [5.41, 5.74) is 0.580. The van der Waals surface area contributed by atoms with E-state index in [1.807, 2.05) is 18.2 Å². The van der Waals surface area contributed by atoms with Crippen molar-refractivity contribution in [3.63, 3.8) is 0 Å². The molecule has 5 heteroatoms. The minimum atomic E-state index is -4.34. The molecule has 1 atom stereocenters. The monoisotopic (exact) mass is 294 g/mol. The topological polar surface area (TPSA) is 24.9 Å². The Morgan fingerprint density at radius 2 is 1.81 bits per heavy atom. The fourth-order valence-electron chi connectivity index (χ4n) is 2.35.